The zero-order chi connectivity index (χ0) is 15.4. The first-order valence-corrected chi connectivity index (χ1v) is 6.65. The largest absolute Gasteiger partial charge is 0.490 e. The first kappa shape index (κ1) is 18.0. The van der Waals surface area contributed by atoms with E-state index in [4.69, 9.17) is 9.84 Å². The molecule has 0 aliphatic carbocycles. The van der Waals surface area contributed by atoms with Crippen LogP contribution in [0.1, 0.15) is 33.7 Å². The maximum atomic E-state index is 13.5. The smallest absolute Gasteiger partial charge is 0.335 e. The fourth-order valence-electron chi connectivity index (χ4n) is 2.12. The molecule has 1 heterocycles. The molecule has 2 aromatic rings. The highest BCUT2D eigenvalue weighted by Crippen LogP contribution is 2.19. The number of benzene rings is 1. The van der Waals surface area contributed by atoms with Crippen LogP contribution >= 0.6 is 12.4 Å². The van der Waals surface area contributed by atoms with Crippen LogP contribution < -0.4 is 4.74 Å². The molecule has 5 nitrogen and oxygen atoms in total. The molecule has 1 aromatic carbocycles. The molecule has 7 heteroatoms. The minimum absolute atomic E-state index is 0. The standard InChI is InChI=1S/C15H17FN2O3.ClH/c1-9-12(10(2)18-17-9)4-3-7-21-14-8-11(15(19)20)5-6-13(14)16;/h5-6,8H,3-4,7H2,1-2H3,(H,17,18)(H,19,20);1H. The highest BCUT2D eigenvalue weighted by Gasteiger charge is 2.10. The number of halogens is 2. The van der Waals surface area contributed by atoms with Gasteiger partial charge in [-0.25, -0.2) is 9.18 Å². The number of aromatic amines is 1. The average molecular weight is 329 g/mol. The fourth-order valence-corrected chi connectivity index (χ4v) is 2.12. The fraction of sp³-hybridized carbons (Fsp3) is 0.333. The SMILES string of the molecule is Cc1n[nH]c(C)c1CCCOc1cc(C(=O)O)ccc1F.Cl. The molecule has 0 aliphatic heterocycles. The average Bonchev–Trinajstić information content (AvgIpc) is 2.76. The quantitative estimate of drug-likeness (QED) is 0.798. The molecule has 0 spiro atoms. The third-order valence-electron chi connectivity index (χ3n) is 3.29. The van der Waals surface area contributed by atoms with E-state index in [-0.39, 0.29) is 23.7 Å². The Morgan fingerprint density at radius 1 is 1.41 bits per heavy atom. The van der Waals surface area contributed by atoms with E-state index in [0.717, 1.165) is 29.4 Å². The number of H-pyrrole nitrogens is 1. The van der Waals surface area contributed by atoms with E-state index >= 15 is 0 Å². The van der Waals surface area contributed by atoms with E-state index in [2.05, 4.69) is 10.2 Å². The van der Waals surface area contributed by atoms with Gasteiger partial charge in [-0.1, -0.05) is 0 Å². The Kier molecular flexibility index (Phi) is 6.37. The van der Waals surface area contributed by atoms with Crippen LogP contribution in [0.25, 0.3) is 0 Å². The molecule has 0 saturated carbocycles. The summed E-state index contributed by atoms with van der Waals surface area (Å²) in [5, 5.41) is 15.9. The van der Waals surface area contributed by atoms with Crippen LogP contribution in [0.3, 0.4) is 0 Å². The number of aromatic nitrogens is 2. The van der Waals surface area contributed by atoms with Gasteiger partial charge in [-0.05, 0) is 50.5 Å². The molecule has 0 radical (unpaired) electrons. The Labute approximate surface area is 133 Å². The molecule has 0 fully saturated rings. The van der Waals surface area contributed by atoms with Gasteiger partial charge in [-0.15, -0.1) is 12.4 Å². The highest BCUT2D eigenvalue weighted by atomic mass is 35.5. The second-order valence-electron chi connectivity index (χ2n) is 4.81. The van der Waals surface area contributed by atoms with Gasteiger partial charge in [0.1, 0.15) is 0 Å². The van der Waals surface area contributed by atoms with Crippen LogP contribution in [-0.4, -0.2) is 27.9 Å². The van der Waals surface area contributed by atoms with Crippen LogP contribution in [-0.2, 0) is 6.42 Å². The van der Waals surface area contributed by atoms with Crippen molar-refractivity contribution in [2.24, 2.45) is 0 Å². The number of carbonyl (C=O) groups is 1. The van der Waals surface area contributed by atoms with Crippen molar-refractivity contribution in [3.63, 3.8) is 0 Å². The number of aromatic carboxylic acids is 1. The second-order valence-corrected chi connectivity index (χ2v) is 4.81. The lowest BCUT2D eigenvalue weighted by Gasteiger charge is -2.08. The summed E-state index contributed by atoms with van der Waals surface area (Å²) >= 11 is 0. The molecule has 22 heavy (non-hydrogen) atoms. The summed E-state index contributed by atoms with van der Waals surface area (Å²) in [5.41, 5.74) is 3.12. The van der Waals surface area contributed by atoms with E-state index in [1.165, 1.54) is 12.1 Å². The minimum Gasteiger partial charge on any atom is -0.490 e. The van der Waals surface area contributed by atoms with E-state index in [0.29, 0.717) is 13.0 Å². The van der Waals surface area contributed by atoms with Gasteiger partial charge in [-0.2, -0.15) is 5.10 Å². The lowest BCUT2D eigenvalue weighted by molar-refractivity contribution is 0.0696. The van der Waals surface area contributed by atoms with Gasteiger partial charge in [0.05, 0.1) is 17.9 Å². The number of nitrogens with one attached hydrogen (secondary N) is 1. The van der Waals surface area contributed by atoms with Crippen molar-refractivity contribution in [1.29, 1.82) is 0 Å². The Bertz CT molecular complexity index is 639. The van der Waals surface area contributed by atoms with Gasteiger partial charge in [0.15, 0.2) is 11.6 Å². The number of nitrogens with zero attached hydrogens (tertiary/aromatic N) is 1. The third kappa shape index (κ3) is 4.21. The highest BCUT2D eigenvalue weighted by molar-refractivity contribution is 5.88. The Hall–Kier alpha value is -2.08. The van der Waals surface area contributed by atoms with Crippen LogP contribution in [0.5, 0.6) is 5.75 Å². The molecule has 120 valence electrons. The number of aryl methyl sites for hydroxylation is 2. The Balaban J connectivity index is 0.00000242. The van der Waals surface area contributed by atoms with E-state index in [9.17, 15) is 9.18 Å². The molecule has 0 unspecified atom stereocenters. The molecule has 0 atom stereocenters. The molecule has 0 amide bonds. The molecular weight excluding hydrogens is 311 g/mol. The Morgan fingerprint density at radius 3 is 2.73 bits per heavy atom. The lowest BCUT2D eigenvalue weighted by Crippen LogP contribution is -2.04. The number of carboxylic acid groups (broad SMARTS) is 1. The van der Waals surface area contributed by atoms with Crippen molar-refractivity contribution in [2.75, 3.05) is 6.61 Å². The first-order chi connectivity index (χ1) is 9.99. The van der Waals surface area contributed by atoms with E-state index < -0.39 is 11.8 Å². The van der Waals surface area contributed by atoms with Crippen molar-refractivity contribution < 1.29 is 19.0 Å². The molecular formula is C15H18ClFN2O3. The minimum atomic E-state index is -1.11. The van der Waals surface area contributed by atoms with Gasteiger partial charge >= 0.3 is 5.97 Å². The summed E-state index contributed by atoms with van der Waals surface area (Å²) in [7, 11) is 0. The summed E-state index contributed by atoms with van der Waals surface area (Å²) < 4.78 is 18.9. The predicted molar refractivity (Wildman–Crippen MR) is 82.5 cm³/mol. The summed E-state index contributed by atoms with van der Waals surface area (Å²) in [6.45, 7) is 4.19. The maximum absolute atomic E-state index is 13.5. The molecule has 2 rings (SSSR count). The predicted octanol–water partition coefficient (Wildman–Crippen LogP) is 3.30. The van der Waals surface area contributed by atoms with Crippen molar-refractivity contribution >= 4 is 18.4 Å². The number of carboxylic acids is 1. The molecule has 0 aliphatic rings. The zero-order valence-corrected chi connectivity index (χ0v) is 13.2. The van der Waals surface area contributed by atoms with Crippen LogP contribution in [0, 0.1) is 19.7 Å². The van der Waals surface area contributed by atoms with Crippen molar-refractivity contribution in [1.82, 2.24) is 10.2 Å². The van der Waals surface area contributed by atoms with E-state index in [1.54, 1.807) is 0 Å². The third-order valence-corrected chi connectivity index (χ3v) is 3.29. The first-order valence-electron chi connectivity index (χ1n) is 6.65. The molecule has 0 bridgehead atoms. The van der Waals surface area contributed by atoms with Gasteiger partial charge in [0, 0.05) is 5.69 Å². The molecule has 2 N–H and O–H groups in total. The molecule has 0 saturated heterocycles. The lowest BCUT2D eigenvalue weighted by atomic mass is 10.1. The van der Waals surface area contributed by atoms with E-state index in [1.807, 2.05) is 13.8 Å². The Morgan fingerprint density at radius 2 is 2.14 bits per heavy atom. The number of rotatable bonds is 6. The van der Waals surface area contributed by atoms with Crippen LogP contribution in [0.2, 0.25) is 0 Å². The normalized spacial score (nSPS) is 10.1. The summed E-state index contributed by atoms with van der Waals surface area (Å²) in [4.78, 5) is 10.8. The van der Waals surface area contributed by atoms with Crippen molar-refractivity contribution in [3.8, 4) is 5.75 Å². The monoisotopic (exact) mass is 328 g/mol. The zero-order valence-electron chi connectivity index (χ0n) is 12.4. The van der Waals surface area contributed by atoms with Gasteiger partial charge < -0.3 is 9.84 Å². The van der Waals surface area contributed by atoms with Crippen molar-refractivity contribution in [2.45, 2.75) is 26.7 Å². The number of hydrogen-bond donors (Lipinski definition) is 2. The van der Waals surface area contributed by atoms with Gasteiger partial charge in [0.25, 0.3) is 0 Å². The van der Waals surface area contributed by atoms with Crippen LogP contribution in [0.15, 0.2) is 18.2 Å². The van der Waals surface area contributed by atoms with Crippen LogP contribution in [0.4, 0.5) is 4.39 Å². The summed E-state index contributed by atoms with van der Waals surface area (Å²) in [5.74, 6) is -1.70. The van der Waals surface area contributed by atoms with Crippen molar-refractivity contribution in [3.05, 3.63) is 46.5 Å². The second kappa shape index (κ2) is 7.79. The topological polar surface area (TPSA) is 75.2 Å². The number of hydrogen-bond acceptors (Lipinski definition) is 3. The maximum Gasteiger partial charge on any atom is 0.335 e. The molecule has 1 aromatic heterocycles. The van der Waals surface area contributed by atoms with Gasteiger partial charge in [-0.3, -0.25) is 5.10 Å². The number of ether oxygens (including phenoxy) is 1. The summed E-state index contributed by atoms with van der Waals surface area (Å²) in [6, 6.07) is 3.51. The van der Waals surface area contributed by atoms with Gasteiger partial charge in [0.2, 0.25) is 0 Å². The summed E-state index contributed by atoms with van der Waals surface area (Å²) in [6.07, 6.45) is 1.46.